The molecule has 0 bridgehead atoms. The zero-order chi connectivity index (χ0) is 10.1. The smallest absolute Gasteiger partial charge is 0.272 e. The van der Waals surface area contributed by atoms with Crippen molar-refractivity contribution in [1.82, 2.24) is 4.90 Å². The van der Waals surface area contributed by atoms with Crippen LogP contribution in [0.2, 0.25) is 0 Å². The number of carbonyl (C=O) groups excluding carboxylic acids is 1. The monoisotopic (exact) mass is 192 g/mol. The van der Waals surface area contributed by atoms with Gasteiger partial charge in [-0.2, -0.15) is 0 Å². The van der Waals surface area contributed by atoms with Crippen molar-refractivity contribution in [3.63, 3.8) is 0 Å². The van der Waals surface area contributed by atoms with E-state index in [1.54, 1.807) is 0 Å². The van der Waals surface area contributed by atoms with E-state index in [4.69, 9.17) is 0 Å². The number of amides is 1. The Kier molecular flexibility index (Phi) is 2.40. The predicted octanol–water partition coefficient (Wildman–Crippen LogP) is 1.25. The van der Waals surface area contributed by atoms with Gasteiger partial charge in [-0.05, 0) is 25.3 Å². The summed E-state index contributed by atoms with van der Waals surface area (Å²) in [6.07, 6.45) is 4.87. The first-order valence-electron chi connectivity index (χ1n) is 5.20. The van der Waals surface area contributed by atoms with Gasteiger partial charge in [-0.3, -0.25) is 9.79 Å². The molecule has 0 aromatic heterocycles. The average Bonchev–Trinajstić information content (AvgIpc) is 2.73. The van der Waals surface area contributed by atoms with Crippen LogP contribution in [-0.4, -0.2) is 35.7 Å². The summed E-state index contributed by atoms with van der Waals surface area (Å²) in [5, 5.41) is 0. The molecule has 2 rings (SSSR count). The molecular formula is C11H16N2O. The molecule has 2 unspecified atom stereocenters. The standard InChI is InChI=1S/C11H16N2O/c1-8-6-9(2)13(7-8)11(14)10-4-3-5-12-10/h3-4,8-9H,5-7H2,1-2H3. The Morgan fingerprint density at radius 2 is 2.36 bits per heavy atom. The lowest BCUT2D eigenvalue weighted by atomic mass is 10.1. The van der Waals surface area contributed by atoms with Gasteiger partial charge in [0.2, 0.25) is 0 Å². The molecule has 1 saturated heterocycles. The van der Waals surface area contributed by atoms with Crippen molar-refractivity contribution in [3.8, 4) is 0 Å². The molecular weight excluding hydrogens is 176 g/mol. The van der Waals surface area contributed by atoms with Gasteiger partial charge in [-0.1, -0.05) is 13.0 Å². The van der Waals surface area contributed by atoms with Crippen molar-refractivity contribution >= 4 is 11.6 Å². The van der Waals surface area contributed by atoms with Crippen molar-refractivity contribution in [2.75, 3.05) is 13.1 Å². The third kappa shape index (κ3) is 1.59. The Balaban J connectivity index is 2.08. The largest absolute Gasteiger partial charge is 0.334 e. The van der Waals surface area contributed by atoms with Crippen LogP contribution in [0.4, 0.5) is 0 Å². The summed E-state index contributed by atoms with van der Waals surface area (Å²) in [5.74, 6) is 0.732. The van der Waals surface area contributed by atoms with Gasteiger partial charge in [0.1, 0.15) is 5.71 Å². The molecule has 1 amide bonds. The maximum atomic E-state index is 11.9. The van der Waals surface area contributed by atoms with Crippen LogP contribution in [0.5, 0.6) is 0 Å². The summed E-state index contributed by atoms with van der Waals surface area (Å²) in [4.78, 5) is 18.0. The lowest BCUT2D eigenvalue weighted by Gasteiger charge is -2.20. The molecule has 2 heterocycles. The van der Waals surface area contributed by atoms with Crippen LogP contribution in [0.1, 0.15) is 20.3 Å². The SMILES string of the molecule is CC1CC(C)N(C(=O)C2=NCC=C2)C1. The van der Waals surface area contributed by atoms with Crippen LogP contribution in [0, 0.1) is 5.92 Å². The summed E-state index contributed by atoms with van der Waals surface area (Å²) in [6, 6.07) is 0.370. The van der Waals surface area contributed by atoms with Crippen molar-refractivity contribution in [1.29, 1.82) is 0 Å². The molecule has 0 aromatic carbocycles. The van der Waals surface area contributed by atoms with E-state index in [1.807, 2.05) is 17.1 Å². The van der Waals surface area contributed by atoms with Gasteiger partial charge in [0, 0.05) is 12.6 Å². The minimum absolute atomic E-state index is 0.107. The fraction of sp³-hybridized carbons (Fsp3) is 0.636. The molecule has 0 radical (unpaired) electrons. The number of hydrogen-bond acceptors (Lipinski definition) is 2. The quantitative estimate of drug-likeness (QED) is 0.615. The molecule has 0 aliphatic carbocycles. The predicted molar refractivity (Wildman–Crippen MR) is 56.4 cm³/mol. The summed E-state index contributed by atoms with van der Waals surface area (Å²) < 4.78 is 0. The van der Waals surface area contributed by atoms with Crippen molar-refractivity contribution < 1.29 is 4.79 Å². The third-order valence-electron chi connectivity index (χ3n) is 2.91. The zero-order valence-electron chi connectivity index (χ0n) is 8.73. The normalized spacial score (nSPS) is 31.0. The molecule has 1 fully saturated rings. The molecule has 2 aliphatic rings. The molecule has 0 N–H and O–H groups in total. The van der Waals surface area contributed by atoms with Gasteiger partial charge >= 0.3 is 0 Å². The van der Waals surface area contributed by atoms with E-state index >= 15 is 0 Å². The maximum absolute atomic E-state index is 11.9. The zero-order valence-corrected chi connectivity index (χ0v) is 8.73. The summed E-state index contributed by atoms with van der Waals surface area (Å²) in [5.41, 5.74) is 0.631. The van der Waals surface area contributed by atoms with Gasteiger partial charge < -0.3 is 4.90 Å². The lowest BCUT2D eigenvalue weighted by molar-refractivity contribution is -0.124. The minimum Gasteiger partial charge on any atom is -0.334 e. The molecule has 3 nitrogen and oxygen atoms in total. The van der Waals surface area contributed by atoms with Crippen molar-refractivity contribution in [3.05, 3.63) is 12.2 Å². The average molecular weight is 192 g/mol. The Hall–Kier alpha value is -1.12. The van der Waals surface area contributed by atoms with E-state index in [9.17, 15) is 4.79 Å². The Bertz CT molecular complexity index is 306. The number of hydrogen-bond donors (Lipinski definition) is 0. The fourth-order valence-corrected chi connectivity index (χ4v) is 2.24. The van der Waals surface area contributed by atoms with Gasteiger partial charge in [-0.15, -0.1) is 0 Å². The first-order valence-corrected chi connectivity index (χ1v) is 5.20. The van der Waals surface area contributed by atoms with Gasteiger partial charge in [0.25, 0.3) is 5.91 Å². The number of likely N-dealkylation sites (tertiary alicyclic amines) is 1. The van der Waals surface area contributed by atoms with Gasteiger partial charge in [-0.25, -0.2) is 0 Å². The topological polar surface area (TPSA) is 32.7 Å². The second-order valence-corrected chi connectivity index (χ2v) is 4.28. The second kappa shape index (κ2) is 3.56. The summed E-state index contributed by atoms with van der Waals surface area (Å²) in [6.45, 7) is 5.85. The fourth-order valence-electron chi connectivity index (χ4n) is 2.24. The van der Waals surface area contributed by atoms with E-state index in [0.717, 1.165) is 13.0 Å². The third-order valence-corrected chi connectivity index (χ3v) is 2.91. The number of carbonyl (C=O) groups is 1. The minimum atomic E-state index is 0.107. The molecule has 76 valence electrons. The van der Waals surface area contributed by atoms with E-state index in [-0.39, 0.29) is 5.91 Å². The summed E-state index contributed by atoms with van der Waals surface area (Å²) in [7, 11) is 0. The molecule has 0 spiro atoms. The Morgan fingerprint density at radius 1 is 1.57 bits per heavy atom. The molecule has 2 atom stereocenters. The van der Waals surface area contributed by atoms with E-state index in [0.29, 0.717) is 24.2 Å². The van der Waals surface area contributed by atoms with E-state index in [1.165, 1.54) is 0 Å². The van der Waals surface area contributed by atoms with Crippen LogP contribution in [-0.2, 0) is 4.79 Å². The molecule has 3 heteroatoms. The molecule has 14 heavy (non-hydrogen) atoms. The van der Waals surface area contributed by atoms with Crippen LogP contribution >= 0.6 is 0 Å². The van der Waals surface area contributed by atoms with Crippen LogP contribution in [0.15, 0.2) is 17.1 Å². The highest BCUT2D eigenvalue weighted by molar-refractivity contribution is 6.43. The van der Waals surface area contributed by atoms with Crippen LogP contribution in [0.3, 0.4) is 0 Å². The highest BCUT2D eigenvalue weighted by Crippen LogP contribution is 2.22. The van der Waals surface area contributed by atoms with Crippen molar-refractivity contribution in [2.24, 2.45) is 10.9 Å². The second-order valence-electron chi connectivity index (χ2n) is 4.28. The molecule has 2 aliphatic heterocycles. The van der Waals surface area contributed by atoms with E-state index < -0.39 is 0 Å². The van der Waals surface area contributed by atoms with Crippen molar-refractivity contribution in [2.45, 2.75) is 26.3 Å². The maximum Gasteiger partial charge on any atom is 0.272 e. The number of rotatable bonds is 1. The Morgan fingerprint density at radius 3 is 2.86 bits per heavy atom. The number of nitrogens with zero attached hydrogens (tertiary/aromatic N) is 2. The molecule has 0 aromatic rings. The molecule has 0 saturated carbocycles. The highest BCUT2D eigenvalue weighted by atomic mass is 16.2. The van der Waals surface area contributed by atoms with Gasteiger partial charge in [0.05, 0.1) is 6.54 Å². The first kappa shape index (κ1) is 9.44. The first-order chi connectivity index (χ1) is 6.68. The number of aliphatic imine (C=N–C) groups is 1. The summed E-state index contributed by atoms with van der Waals surface area (Å²) >= 11 is 0. The Labute approximate surface area is 84.5 Å². The van der Waals surface area contributed by atoms with Gasteiger partial charge in [0.15, 0.2) is 0 Å². The van der Waals surface area contributed by atoms with Crippen LogP contribution < -0.4 is 0 Å². The van der Waals surface area contributed by atoms with E-state index in [2.05, 4.69) is 18.8 Å². The highest BCUT2D eigenvalue weighted by Gasteiger charge is 2.31. The van der Waals surface area contributed by atoms with Crippen LogP contribution in [0.25, 0.3) is 0 Å². The lowest BCUT2D eigenvalue weighted by Crippen LogP contribution is -2.38.